The summed E-state index contributed by atoms with van der Waals surface area (Å²) < 4.78 is 0. The van der Waals surface area contributed by atoms with Gasteiger partial charge in [-0.25, -0.2) is 0 Å². The van der Waals surface area contributed by atoms with Crippen LogP contribution in [-0.2, 0) is 9.59 Å². The molecule has 19 heavy (non-hydrogen) atoms. The minimum Gasteiger partial charge on any atom is -0.383 e. The summed E-state index contributed by atoms with van der Waals surface area (Å²) in [7, 11) is 0. The molecule has 1 heterocycles. The van der Waals surface area contributed by atoms with Crippen molar-refractivity contribution in [3.05, 3.63) is 0 Å². The molecular weight excluding hydrogens is 264 g/mol. The smallest absolute Gasteiger partial charge is 0.248 e. The molecule has 2 N–H and O–H groups in total. The highest BCUT2D eigenvalue weighted by Crippen LogP contribution is 2.09. The van der Waals surface area contributed by atoms with Crippen LogP contribution in [0.15, 0.2) is 0 Å². The van der Waals surface area contributed by atoms with E-state index < -0.39 is 6.10 Å². The number of aliphatic hydroxyl groups excluding tert-OH is 1. The number of rotatable bonds is 7. The van der Waals surface area contributed by atoms with Crippen molar-refractivity contribution >= 4 is 25.3 Å². The molecule has 2 amide bonds. The molecule has 1 rings (SSSR count). The first-order valence-electron chi connectivity index (χ1n) is 6.74. The third-order valence-electron chi connectivity index (χ3n) is 3.07. The molecule has 0 aliphatic carbocycles. The average molecular weight is 290 g/mol. The molecule has 0 saturated carbocycles. The van der Waals surface area contributed by atoms with Crippen molar-refractivity contribution in [2.24, 2.45) is 5.92 Å². The second-order valence-corrected chi connectivity index (χ2v) is 5.27. The number of hydrogen-bond acceptors (Lipinski definition) is 3. The molecule has 1 saturated heterocycles. The lowest BCUT2D eigenvalue weighted by molar-refractivity contribution is -0.130. The maximum atomic E-state index is 11.5. The van der Waals surface area contributed by atoms with E-state index in [0.29, 0.717) is 31.8 Å². The SMILES string of the molecule is CC(C)C[C@H](O)C(=O)NCCCN1CCCC1=O.S. The quantitative estimate of drug-likeness (QED) is 0.676. The summed E-state index contributed by atoms with van der Waals surface area (Å²) in [6, 6.07) is 0. The van der Waals surface area contributed by atoms with Crippen LogP contribution in [0.25, 0.3) is 0 Å². The number of aliphatic hydroxyl groups is 1. The van der Waals surface area contributed by atoms with Gasteiger partial charge in [-0.3, -0.25) is 9.59 Å². The number of carbonyl (C=O) groups excluding carboxylic acids is 2. The zero-order valence-corrected chi connectivity index (χ0v) is 12.8. The molecule has 1 fully saturated rings. The Morgan fingerprint density at radius 2 is 2.16 bits per heavy atom. The van der Waals surface area contributed by atoms with Gasteiger partial charge >= 0.3 is 0 Å². The molecule has 5 nitrogen and oxygen atoms in total. The van der Waals surface area contributed by atoms with Crippen LogP contribution >= 0.6 is 13.5 Å². The maximum Gasteiger partial charge on any atom is 0.248 e. The van der Waals surface area contributed by atoms with Crippen molar-refractivity contribution in [2.45, 2.75) is 45.6 Å². The average Bonchev–Trinajstić information content (AvgIpc) is 2.69. The molecule has 6 heteroatoms. The molecule has 0 aromatic carbocycles. The van der Waals surface area contributed by atoms with Crippen LogP contribution in [0.4, 0.5) is 0 Å². The molecule has 112 valence electrons. The van der Waals surface area contributed by atoms with Crippen LogP contribution in [0.3, 0.4) is 0 Å². The van der Waals surface area contributed by atoms with Crippen LogP contribution in [0, 0.1) is 5.92 Å². The lowest BCUT2D eigenvalue weighted by atomic mass is 10.1. The first kappa shape index (κ1) is 18.2. The largest absolute Gasteiger partial charge is 0.383 e. The van der Waals surface area contributed by atoms with Gasteiger partial charge in [-0.2, -0.15) is 13.5 Å². The van der Waals surface area contributed by atoms with E-state index in [4.69, 9.17) is 0 Å². The molecule has 1 aliphatic heterocycles. The molecule has 1 aliphatic rings. The van der Waals surface area contributed by atoms with E-state index in [0.717, 1.165) is 19.4 Å². The summed E-state index contributed by atoms with van der Waals surface area (Å²) in [6.07, 6.45) is 1.90. The van der Waals surface area contributed by atoms with E-state index in [1.165, 1.54) is 0 Å². The van der Waals surface area contributed by atoms with Gasteiger partial charge in [0, 0.05) is 26.1 Å². The maximum absolute atomic E-state index is 11.5. The molecule has 1 atom stereocenters. The van der Waals surface area contributed by atoms with Gasteiger partial charge < -0.3 is 15.3 Å². The van der Waals surface area contributed by atoms with Gasteiger partial charge in [-0.1, -0.05) is 13.8 Å². The van der Waals surface area contributed by atoms with Crippen molar-refractivity contribution in [1.82, 2.24) is 10.2 Å². The van der Waals surface area contributed by atoms with Gasteiger partial charge in [0.2, 0.25) is 11.8 Å². The Labute approximate surface area is 122 Å². The Bertz CT molecular complexity index is 298. The molecule has 0 radical (unpaired) electrons. The number of hydrogen-bond donors (Lipinski definition) is 2. The topological polar surface area (TPSA) is 69.6 Å². The molecular formula is C13H26N2O3S. The molecule has 0 unspecified atom stereocenters. The Kier molecular flexibility index (Phi) is 8.84. The zero-order valence-electron chi connectivity index (χ0n) is 11.8. The van der Waals surface area contributed by atoms with Crippen molar-refractivity contribution in [1.29, 1.82) is 0 Å². The highest BCUT2D eigenvalue weighted by atomic mass is 32.1. The van der Waals surface area contributed by atoms with Gasteiger partial charge in [-0.05, 0) is 25.2 Å². The van der Waals surface area contributed by atoms with Crippen molar-refractivity contribution < 1.29 is 14.7 Å². The van der Waals surface area contributed by atoms with Crippen molar-refractivity contribution in [3.63, 3.8) is 0 Å². The van der Waals surface area contributed by atoms with Crippen LogP contribution in [0.5, 0.6) is 0 Å². The summed E-state index contributed by atoms with van der Waals surface area (Å²) in [5.41, 5.74) is 0. The fourth-order valence-electron chi connectivity index (χ4n) is 2.09. The number of likely N-dealkylation sites (tertiary alicyclic amines) is 1. The van der Waals surface area contributed by atoms with Crippen molar-refractivity contribution in [2.75, 3.05) is 19.6 Å². The van der Waals surface area contributed by atoms with Gasteiger partial charge in [0.25, 0.3) is 0 Å². The van der Waals surface area contributed by atoms with Gasteiger partial charge in [0.1, 0.15) is 6.10 Å². The molecule has 0 aromatic heterocycles. The summed E-state index contributed by atoms with van der Waals surface area (Å²) >= 11 is 0. The fraction of sp³-hybridized carbons (Fsp3) is 0.846. The van der Waals surface area contributed by atoms with Crippen LogP contribution < -0.4 is 5.32 Å². The van der Waals surface area contributed by atoms with E-state index >= 15 is 0 Å². The first-order valence-corrected chi connectivity index (χ1v) is 6.74. The van der Waals surface area contributed by atoms with Crippen LogP contribution in [-0.4, -0.2) is 47.6 Å². The van der Waals surface area contributed by atoms with Crippen molar-refractivity contribution in [3.8, 4) is 0 Å². The minimum absolute atomic E-state index is 0. The minimum atomic E-state index is -0.918. The third kappa shape index (κ3) is 6.82. The Morgan fingerprint density at radius 3 is 2.68 bits per heavy atom. The number of nitrogens with one attached hydrogen (secondary N) is 1. The predicted molar refractivity (Wildman–Crippen MR) is 79.3 cm³/mol. The molecule has 0 bridgehead atoms. The highest BCUT2D eigenvalue weighted by Gasteiger charge is 2.19. The standard InChI is InChI=1S/C13H24N2O3.H2S/c1-10(2)9-11(16)13(18)14-6-4-8-15-7-3-5-12(15)17;/h10-11,16H,3-9H2,1-2H3,(H,14,18);1H2/t11-;/m0./s1. The molecule has 0 aromatic rings. The van der Waals surface area contributed by atoms with Gasteiger partial charge in [0.15, 0.2) is 0 Å². The number of carbonyl (C=O) groups is 2. The Hall–Kier alpha value is -0.750. The van der Waals surface area contributed by atoms with E-state index in [9.17, 15) is 14.7 Å². The van der Waals surface area contributed by atoms with E-state index in [1.54, 1.807) is 0 Å². The lowest BCUT2D eigenvalue weighted by Crippen LogP contribution is -2.37. The van der Waals surface area contributed by atoms with Crippen LogP contribution in [0.1, 0.15) is 39.5 Å². The normalized spacial score (nSPS) is 16.4. The number of nitrogens with zero attached hydrogens (tertiary/aromatic N) is 1. The van der Waals surface area contributed by atoms with E-state index in [2.05, 4.69) is 5.32 Å². The second kappa shape index (κ2) is 9.20. The fourth-order valence-corrected chi connectivity index (χ4v) is 2.09. The first-order chi connectivity index (χ1) is 8.50. The molecule has 0 spiro atoms. The number of amides is 2. The summed E-state index contributed by atoms with van der Waals surface area (Å²) in [5.74, 6) is 0.200. The zero-order chi connectivity index (χ0) is 13.5. The summed E-state index contributed by atoms with van der Waals surface area (Å²) in [6.45, 7) is 5.98. The van der Waals surface area contributed by atoms with E-state index in [-0.39, 0.29) is 25.3 Å². The monoisotopic (exact) mass is 290 g/mol. The summed E-state index contributed by atoms with van der Waals surface area (Å²) in [4.78, 5) is 24.7. The summed E-state index contributed by atoms with van der Waals surface area (Å²) in [5, 5.41) is 12.3. The Balaban J connectivity index is 0.00000324. The Morgan fingerprint density at radius 1 is 1.47 bits per heavy atom. The third-order valence-corrected chi connectivity index (χ3v) is 3.07. The predicted octanol–water partition coefficient (Wildman–Crippen LogP) is 0.635. The van der Waals surface area contributed by atoms with Crippen LogP contribution in [0.2, 0.25) is 0 Å². The van der Waals surface area contributed by atoms with Gasteiger partial charge in [-0.15, -0.1) is 0 Å². The van der Waals surface area contributed by atoms with Gasteiger partial charge in [0.05, 0.1) is 0 Å². The van der Waals surface area contributed by atoms with E-state index in [1.807, 2.05) is 18.7 Å². The highest BCUT2D eigenvalue weighted by molar-refractivity contribution is 7.59. The lowest BCUT2D eigenvalue weighted by Gasteiger charge is -2.16. The second-order valence-electron chi connectivity index (χ2n) is 5.27.